The number of aliphatic hydroxyl groups excluding tert-OH is 1. The first-order valence-corrected chi connectivity index (χ1v) is 33.6. The van der Waals surface area contributed by atoms with E-state index in [4.69, 9.17) is 14.5 Å². The van der Waals surface area contributed by atoms with Crippen LogP contribution < -0.4 is 16.0 Å². The topological polar surface area (TPSA) is 253 Å². The molecule has 1 saturated heterocycles. The fraction of sp³-hybridized carbons (Fsp3) is 0.406. The second-order valence-corrected chi connectivity index (χ2v) is 27.4. The highest BCUT2D eigenvalue weighted by molar-refractivity contribution is 7.15. The van der Waals surface area contributed by atoms with Gasteiger partial charge in [0, 0.05) is 96.3 Å². The van der Waals surface area contributed by atoms with Crippen LogP contribution in [0.25, 0.3) is 15.4 Å². The summed E-state index contributed by atoms with van der Waals surface area (Å²) in [6.07, 6.45) is 6.84. The van der Waals surface area contributed by atoms with Crippen LogP contribution in [-0.4, -0.2) is 138 Å². The lowest BCUT2D eigenvalue weighted by Crippen LogP contribution is -2.57. The third-order valence-corrected chi connectivity index (χ3v) is 19.4. The minimum atomic E-state index is -1.01. The van der Waals surface area contributed by atoms with Crippen molar-refractivity contribution >= 4 is 80.9 Å². The minimum Gasteiger partial charge on any atom is -0.391 e. The molecular formula is C69H77N11O9S3. The highest BCUT2D eigenvalue weighted by atomic mass is 32.1. The van der Waals surface area contributed by atoms with Crippen LogP contribution in [0.2, 0.25) is 0 Å². The van der Waals surface area contributed by atoms with Gasteiger partial charge in [0.1, 0.15) is 35.6 Å². The molecule has 92 heavy (non-hydrogen) atoms. The maximum absolute atomic E-state index is 14.4. The molecular weight excluding hydrogens is 1220 g/mol. The molecule has 20 nitrogen and oxygen atoms in total. The Balaban J connectivity index is 0.722. The van der Waals surface area contributed by atoms with Gasteiger partial charge in [0.2, 0.25) is 23.6 Å². The fourth-order valence-corrected chi connectivity index (χ4v) is 14.1. The fourth-order valence-electron chi connectivity index (χ4n) is 11.4. The van der Waals surface area contributed by atoms with E-state index in [2.05, 4.69) is 78.5 Å². The number of thiophene rings is 1. The number of ether oxygens (including phenoxy) is 2. The number of likely N-dealkylation sites (tertiary alicyclic amines) is 1. The number of hydrogen-bond donors (Lipinski definition) is 4. The molecule has 480 valence electrons. The van der Waals surface area contributed by atoms with Crippen LogP contribution in [0, 0.1) is 45.0 Å². The van der Waals surface area contributed by atoms with Gasteiger partial charge in [0.05, 0.1) is 52.7 Å². The van der Waals surface area contributed by atoms with Crippen LogP contribution in [0.1, 0.15) is 132 Å². The average Bonchev–Trinajstić information content (AvgIpc) is 1.59. The van der Waals surface area contributed by atoms with Crippen molar-refractivity contribution in [3.63, 3.8) is 0 Å². The van der Waals surface area contributed by atoms with Gasteiger partial charge in [-0.25, -0.2) is 9.97 Å². The van der Waals surface area contributed by atoms with Crippen molar-refractivity contribution in [2.75, 3.05) is 44.8 Å². The summed E-state index contributed by atoms with van der Waals surface area (Å²) < 4.78 is 14.0. The summed E-state index contributed by atoms with van der Waals surface area (Å²) in [5.41, 5.74) is 11.1. The Morgan fingerprint density at radius 1 is 0.815 bits per heavy atom. The molecule has 0 bridgehead atoms. The van der Waals surface area contributed by atoms with Gasteiger partial charge in [-0.05, 0) is 111 Å². The predicted octanol–water partition coefficient (Wildman–Crippen LogP) is 9.07. The molecule has 4 N–H and O–H groups in total. The lowest BCUT2D eigenvalue weighted by molar-refractivity contribution is -0.144. The van der Waals surface area contributed by atoms with E-state index in [-0.39, 0.29) is 81.6 Å². The first kappa shape index (κ1) is 66.5. The van der Waals surface area contributed by atoms with Gasteiger partial charge in [-0.1, -0.05) is 81.5 Å². The van der Waals surface area contributed by atoms with Crippen molar-refractivity contribution in [2.45, 2.75) is 137 Å². The number of nitrogens with zero attached hydrogens (tertiary/aromatic N) is 8. The molecule has 0 radical (unpaired) electrons. The monoisotopic (exact) mass is 1300 g/mol. The maximum atomic E-state index is 14.4. The Morgan fingerprint density at radius 3 is 2.27 bits per heavy atom. The molecule has 23 heteroatoms. The summed E-state index contributed by atoms with van der Waals surface area (Å²) in [5.74, 6) is 5.87. The standard InChI is InChI=1S/C69H77N11O9S3/c1-42-44(3)92-68-61(42)62(74-54(38-58-70-27-33-90-58)65-77-76-45(4)80(65)68)50-19-14-46(15-20-50)12-11-29-88-31-32-89-30-26-49-34-48(35-52(36-49)73-56(82)13-9-8-10-28-78-59(84)24-25-60(78)85)18-23-57(83)75-64(69(5,6)7)67(87)79-40-53(81)37-55(79)66(86)71-39-47-16-21-51(22-17-47)63-43(2)72-41-91-63/h14-17,19-22,24-25,27,33-36,41,53-55,64,81H,8-10,13,18,23,26,28-32,37-40H2,1-7H3,(H,71,86)(H,73,82)(H,75,83)/t53-,54+,55+,64-/m1/s1. The Morgan fingerprint density at radius 2 is 1.55 bits per heavy atom. The molecule has 4 atom stereocenters. The molecule has 7 heterocycles. The summed E-state index contributed by atoms with van der Waals surface area (Å²) in [7, 11) is 0. The van der Waals surface area contributed by atoms with Crippen LogP contribution in [-0.2, 0) is 64.0 Å². The van der Waals surface area contributed by atoms with Gasteiger partial charge in [0.25, 0.3) is 11.8 Å². The van der Waals surface area contributed by atoms with Gasteiger partial charge in [-0.15, -0.1) is 44.2 Å². The molecule has 3 aromatic carbocycles. The van der Waals surface area contributed by atoms with Crippen molar-refractivity contribution in [1.29, 1.82) is 0 Å². The molecule has 3 aliphatic rings. The lowest BCUT2D eigenvalue weighted by Gasteiger charge is -2.35. The average molecular weight is 1300 g/mol. The molecule has 0 spiro atoms. The van der Waals surface area contributed by atoms with Crippen LogP contribution >= 0.6 is 34.0 Å². The SMILES string of the molecule is Cc1ncsc1-c1ccc(CNC(=O)[C@@H]2C[C@@H](O)CN2C(=O)[C@@H](NC(=O)CCc2cc(CCOCCOCC#Cc3ccc(C4=N[C@@H](Cc5nccs5)c5nnc(C)n5-c5sc(C)c(C)c54)cc3)cc(NC(=O)CCCCCN3C(=O)C=CC3=O)c2)C(C)(C)C)cc1. The summed E-state index contributed by atoms with van der Waals surface area (Å²) in [4.78, 5) is 98.5. The number of aryl methyl sites for hydroxylation is 4. The lowest BCUT2D eigenvalue weighted by atomic mass is 9.85. The van der Waals surface area contributed by atoms with E-state index >= 15 is 0 Å². The molecule has 6 amide bonds. The number of β-amino-alcohol motifs (C(OH)–C–C–N with tert-alkyl or cyclic N) is 1. The van der Waals surface area contributed by atoms with Gasteiger partial charge in [-0.2, -0.15) is 0 Å². The number of carbonyl (C=O) groups is 6. The van der Waals surface area contributed by atoms with Gasteiger partial charge in [0.15, 0.2) is 5.82 Å². The number of aliphatic imine (C=N–C) groups is 1. The van der Waals surface area contributed by atoms with Crippen LogP contribution in [0.15, 0.2) is 101 Å². The molecule has 0 aliphatic carbocycles. The second-order valence-electron chi connectivity index (χ2n) is 24.3. The number of unbranched alkanes of at least 4 members (excludes halogenated alkanes) is 2. The van der Waals surface area contributed by atoms with E-state index in [0.29, 0.717) is 57.6 Å². The first-order valence-electron chi connectivity index (χ1n) is 31.0. The molecule has 0 saturated carbocycles. The van der Waals surface area contributed by atoms with Crippen LogP contribution in [0.5, 0.6) is 0 Å². The molecule has 10 rings (SSSR count). The normalized spacial score (nSPS) is 16.4. The van der Waals surface area contributed by atoms with E-state index in [1.165, 1.54) is 32.4 Å². The Kier molecular flexibility index (Phi) is 22.0. The summed E-state index contributed by atoms with van der Waals surface area (Å²) in [5, 5.41) is 32.9. The number of aliphatic hydroxyl groups is 1. The third-order valence-electron chi connectivity index (χ3n) is 16.4. The predicted molar refractivity (Wildman–Crippen MR) is 356 cm³/mol. The molecule has 1 fully saturated rings. The zero-order chi connectivity index (χ0) is 65.1. The highest BCUT2D eigenvalue weighted by Crippen LogP contribution is 2.40. The number of fused-ring (bicyclic) bond motifs is 3. The highest BCUT2D eigenvalue weighted by Gasteiger charge is 2.44. The number of hydrogen-bond acceptors (Lipinski definition) is 17. The Hall–Kier alpha value is -8.37. The van der Waals surface area contributed by atoms with Gasteiger partial charge in [-0.3, -0.25) is 43.2 Å². The number of aromatic nitrogens is 5. The zero-order valence-electron chi connectivity index (χ0n) is 52.9. The number of benzene rings is 3. The van der Waals surface area contributed by atoms with E-state index in [0.717, 1.165) is 76.9 Å². The van der Waals surface area contributed by atoms with Crippen molar-refractivity contribution in [1.82, 2.24) is 45.2 Å². The van der Waals surface area contributed by atoms with E-state index in [9.17, 15) is 33.9 Å². The van der Waals surface area contributed by atoms with Crippen molar-refractivity contribution in [2.24, 2.45) is 10.4 Å². The molecule has 7 aromatic rings. The molecule has 4 aromatic heterocycles. The van der Waals surface area contributed by atoms with E-state index in [1.807, 2.05) is 106 Å². The number of imide groups is 1. The summed E-state index contributed by atoms with van der Waals surface area (Å²) in [6.45, 7) is 15.4. The summed E-state index contributed by atoms with van der Waals surface area (Å²) in [6, 6.07) is 19.4. The van der Waals surface area contributed by atoms with Crippen molar-refractivity contribution in [3.05, 3.63) is 162 Å². The Bertz CT molecular complexity index is 3930. The number of rotatable bonds is 26. The molecule has 3 aliphatic heterocycles. The van der Waals surface area contributed by atoms with Gasteiger partial charge < -0.3 is 35.4 Å². The quantitative estimate of drug-likeness (QED) is 0.0225. The van der Waals surface area contributed by atoms with Crippen LogP contribution in [0.4, 0.5) is 5.69 Å². The minimum absolute atomic E-state index is 0.0108. The number of anilines is 1. The number of carbonyl (C=O) groups excluding carboxylic acids is 6. The van der Waals surface area contributed by atoms with Crippen molar-refractivity contribution in [3.8, 4) is 27.3 Å². The number of thiazole rings is 2. The largest absolute Gasteiger partial charge is 0.391 e. The zero-order valence-corrected chi connectivity index (χ0v) is 55.3. The maximum Gasteiger partial charge on any atom is 0.253 e. The van der Waals surface area contributed by atoms with Gasteiger partial charge >= 0.3 is 0 Å². The number of amides is 6. The van der Waals surface area contributed by atoms with Crippen molar-refractivity contribution < 1.29 is 43.3 Å². The first-order chi connectivity index (χ1) is 44.3. The Labute approximate surface area is 548 Å². The third kappa shape index (κ3) is 16.6. The molecule has 0 unspecified atom stereocenters. The second kappa shape index (κ2) is 30.4. The van der Waals surface area contributed by atoms with E-state index in [1.54, 1.807) is 34.0 Å². The number of nitrogens with one attached hydrogen (secondary N) is 3. The summed E-state index contributed by atoms with van der Waals surface area (Å²) >= 11 is 4.89. The smallest absolute Gasteiger partial charge is 0.253 e. The van der Waals surface area contributed by atoms with E-state index < -0.39 is 35.4 Å². The van der Waals surface area contributed by atoms with Crippen LogP contribution in [0.3, 0.4) is 0 Å².